The molecular weight excluding hydrogens is 364 g/mol. The third-order valence-corrected chi connectivity index (χ3v) is 6.46. The molecule has 2 aromatic carbocycles. The van der Waals surface area contributed by atoms with Crippen molar-refractivity contribution in [1.82, 2.24) is 20.4 Å². The second-order valence-corrected chi connectivity index (χ2v) is 8.27. The molecule has 2 heterocycles. The molecule has 1 atom stereocenters. The van der Waals surface area contributed by atoms with Crippen molar-refractivity contribution in [3.8, 4) is 0 Å². The van der Waals surface area contributed by atoms with Crippen LogP contribution in [0.1, 0.15) is 41.7 Å². The maximum absolute atomic E-state index is 12.8. The summed E-state index contributed by atoms with van der Waals surface area (Å²) in [6.45, 7) is 1.69. The third-order valence-electron chi connectivity index (χ3n) is 6.46. The first-order chi connectivity index (χ1) is 14.1. The lowest BCUT2D eigenvalue weighted by molar-refractivity contribution is 0.0495. The zero-order valence-corrected chi connectivity index (χ0v) is 16.2. The van der Waals surface area contributed by atoms with E-state index in [1.54, 1.807) is 18.2 Å². The maximum Gasteiger partial charge on any atom is 0.276 e. The number of benzene rings is 2. The summed E-state index contributed by atoms with van der Waals surface area (Å²) in [4.78, 5) is 28.0. The summed E-state index contributed by atoms with van der Waals surface area (Å²) in [6, 6.07) is 17.6. The molecule has 29 heavy (non-hydrogen) atoms. The van der Waals surface area contributed by atoms with Crippen LogP contribution >= 0.6 is 0 Å². The van der Waals surface area contributed by atoms with E-state index in [0.29, 0.717) is 10.9 Å². The Balaban J connectivity index is 1.34. The van der Waals surface area contributed by atoms with Crippen molar-refractivity contribution in [3.63, 3.8) is 0 Å². The molecule has 2 aliphatic rings. The number of carbonyl (C=O) groups excluding carboxylic acids is 1. The zero-order valence-electron chi connectivity index (χ0n) is 16.2. The van der Waals surface area contributed by atoms with Gasteiger partial charge in [-0.3, -0.25) is 19.6 Å². The van der Waals surface area contributed by atoms with E-state index in [1.807, 2.05) is 12.1 Å². The molecule has 1 saturated heterocycles. The lowest BCUT2D eigenvalue weighted by Gasteiger charge is -2.46. The Hall–Kier alpha value is -2.99. The first-order valence-electron chi connectivity index (χ1n) is 10.2. The number of H-pyrrole nitrogens is 1. The van der Waals surface area contributed by atoms with Gasteiger partial charge in [-0.2, -0.15) is 5.10 Å². The first kappa shape index (κ1) is 18.1. The fraction of sp³-hybridized carbons (Fsp3) is 0.348. The first-order valence-corrected chi connectivity index (χ1v) is 10.2. The molecule has 6 heteroatoms. The standard InChI is InChI=1S/C23H24N4O2/c28-21-18-9-4-5-10-19(18)25-26-20(21)22(29)24-17-13-23(11-6-12-23)27(15-17)14-16-7-2-1-3-8-16/h1-5,7-10,17H,6,11-15H2,(H,24,29)(H,25,28). The van der Waals surface area contributed by atoms with E-state index in [4.69, 9.17) is 0 Å². The van der Waals surface area contributed by atoms with Crippen molar-refractivity contribution >= 4 is 16.8 Å². The molecule has 1 unspecified atom stereocenters. The number of nitrogens with zero attached hydrogens (tertiary/aromatic N) is 2. The summed E-state index contributed by atoms with van der Waals surface area (Å²) in [7, 11) is 0. The number of likely N-dealkylation sites (tertiary alicyclic amines) is 1. The molecule has 2 N–H and O–H groups in total. The van der Waals surface area contributed by atoms with E-state index in [9.17, 15) is 9.59 Å². The highest BCUT2D eigenvalue weighted by atomic mass is 16.2. The van der Waals surface area contributed by atoms with Crippen LogP contribution in [0.2, 0.25) is 0 Å². The van der Waals surface area contributed by atoms with E-state index in [0.717, 1.165) is 19.5 Å². The predicted octanol–water partition coefficient (Wildman–Crippen LogP) is 2.85. The lowest BCUT2D eigenvalue weighted by atomic mass is 9.74. The third kappa shape index (κ3) is 3.23. The smallest absolute Gasteiger partial charge is 0.276 e. The van der Waals surface area contributed by atoms with Gasteiger partial charge in [-0.15, -0.1) is 0 Å². The van der Waals surface area contributed by atoms with Gasteiger partial charge in [-0.25, -0.2) is 0 Å². The second-order valence-electron chi connectivity index (χ2n) is 8.27. The molecule has 1 spiro atoms. The summed E-state index contributed by atoms with van der Waals surface area (Å²) in [5.74, 6) is -0.391. The highest BCUT2D eigenvalue weighted by Gasteiger charge is 2.49. The van der Waals surface area contributed by atoms with Gasteiger partial charge in [0.25, 0.3) is 5.91 Å². The Morgan fingerprint density at radius 3 is 2.66 bits per heavy atom. The number of hydrogen-bond acceptors (Lipinski definition) is 4. The van der Waals surface area contributed by atoms with E-state index < -0.39 is 5.91 Å². The molecule has 5 rings (SSSR count). The van der Waals surface area contributed by atoms with Crippen molar-refractivity contribution in [1.29, 1.82) is 0 Å². The minimum Gasteiger partial charge on any atom is -0.346 e. The van der Waals surface area contributed by atoms with Crippen LogP contribution in [-0.4, -0.2) is 39.1 Å². The van der Waals surface area contributed by atoms with Crippen LogP contribution in [0, 0.1) is 0 Å². The highest BCUT2D eigenvalue weighted by Crippen LogP contribution is 2.46. The van der Waals surface area contributed by atoms with Crippen LogP contribution in [0.15, 0.2) is 59.4 Å². The van der Waals surface area contributed by atoms with Crippen molar-refractivity contribution in [2.45, 2.75) is 43.8 Å². The number of rotatable bonds is 4. The van der Waals surface area contributed by atoms with Gasteiger partial charge in [0.2, 0.25) is 5.43 Å². The maximum atomic E-state index is 12.8. The van der Waals surface area contributed by atoms with Gasteiger partial charge < -0.3 is 5.32 Å². The molecular formula is C23H24N4O2. The van der Waals surface area contributed by atoms with Crippen LogP contribution in [0.3, 0.4) is 0 Å². The van der Waals surface area contributed by atoms with Crippen LogP contribution in [0.25, 0.3) is 10.9 Å². The van der Waals surface area contributed by atoms with Gasteiger partial charge in [0, 0.05) is 30.1 Å². The lowest BCUT2D eigenvalue weighted by Crippen LogP contribution is -2.48. The number of hydrogen-bond donors (Lipinski definition) is 2. The molecule has 0 bridgehead atoms. The van der Waals surface area contributed by atoms with Crippen molar-refractivity contribution < 1.29 is 4.79 Å². The Labute approximate surface area is 168 Å². The number of aromatic nitrogens is 2. The van der Waals surface area contributed by atoms with Crippen LogP contribution in [0.5, 0.6) is 0 Å². The quantitative estimate of drug-likeness (QED) is 0.720. The van der Waals surface area contributed by atoms with Gasteiger partial charge in [-0.05, 0) is 43.4 Å². The minimum atomic E-state index is -0.391. The predicted molar refractivity (Wildman–Crippen MR) is 112 cm³/mol. The van der Waals surface area contributed by atoms with Crippen LogP contribution < -0.4 is 10.7 Å². The number of aromatic amines is 1. The minimum absolute atomic E-state index is 0.0270. The molecule has 2 fully saturated rings. The average Bonchev–Trinajstić information content (AvgIpc) is 3.07. The van der Waals surface area contributed by atoms with Gasteiger partial charge in [0.05, 0.1) is 5.52 Å². The van der Waals surface area contributed by atoms with Crippen LogP contribution in [0.4, 0.5) is 0 Å². The second kappa shape index (κ2) is 7.12. The van der Waals surface area contributed by atoms with E-state index in [2.05, 4.69) is 44.7 Å². The van der Waals surface area contributed by atoms with Crippen molar-refractivity contribution in [2.24, 2.45) is 0 Å². The number of para-hydroxylation sites is 1. The van der Waals surface area contributed by atoms with Gasteiger partial charge in [0.1, 0.15) is 0 Å². The normalized spacial score (nSPS) is 20.6. The molecule has 3 aromatic rings. The Morgan fingerprint density at radius 1 is 1.14 bits per heavy atom. The summed E-state index contributed by atoms with van der Waals surface area (Å²) < 4.78 is 0. The molecule has 6 nitrogen and oxygen atoms in total. The number of fused-ring (bicyclic) bond motifs is 1. The summed E-state index contributed by atoms with van der Waals surface area (Å²) in [5.41, 5.74) is 1.72. The van der Waals surface area contributed by atoms with E-state index in [1.165, 1.54) is 24.8 Å². The molecule has 1 aliphatic carbocycles. The van der Waals surface area contributed by atoms with Crippen molar-refractivity contribution in [2.75, 3.05) is 6.54 Å². The highest BCUT2D eigenvalue weighted by molar-refractivity contribution is 5.95. The molecule has 148 valence electrons. The summed E-state index contributed by atoms with van der Waals surface area (Å²) in [6.07, 6.45) is 4.50. The Kier molecular flexibility index (Phi) is 4.43. The molecule has 1 amide bonds. The van der Waals surface area contributed by atoms with Gasteiger partial charge in [-0.1, -0.05) is 42.5 Å². The largest absolute Gasteiger partial charge is 0.346 e. The topological polar surface area (TPSA) is 78.1 Å². The van der Waals surface area contributed by atoms with Crippen LogP contribution in [-0.2, 0) is 6.54 Å². The molecule has 1 saturated carbocycles. The molecule has 1 aliphatic heterocycles. The fourth-order valence-corrected chi connectivity index (χ4v) is 4.83. The van der Waals surface area contributed by atoms with Gasteiger partial charge >= 0.3 is 0 Å². The van der Waals surface area contributed by atoms with E-state index >= 15 is 0 Å². The average molecular weight is 388 g/mol. The number of amides is 1. The molecule has 0 radical (unpaired) electrons. The number of carbonyl (C=O) groups is 1. The van der Waals surface area contributed by atoms with Crippen molar-refractivity contribution in [3.05, 3.63) is 76.1 Å². The SMILES string of the molecule is O=C(NC1CN(Cc2ccccc2)C2(CCC2)C1)c1n[nH]c2ccccc2c1=O. The summed E-state index contributed by atoms with van der Waals surface area (Å²) in [5, 5.41) is 10.4. The molecule has 1 aromatic heterocycles. The van der Waals surface area contributed by atoms with E-state index in [-0.39, 0.29) is 22.7 Å². The zero-order chi connectivity index (χ0) is 19.8. The number of nitrogens with one attached hydrogen (secondary N) is 2. The monoisotopic (exact) mass is 388 g/mol. The van der Waals surface area contributed by atoms with Gasteiger partial charge in [0.15, 0.2) is 5.69 Å². The fourth-order valence-electron chi connectivity index (χ4n) is 4.83. The summed E-state index contributed by atoms with van der Waals surface area (Å²) >= 11 is 0. The Morgan fingerprint density at radius 2 is 1.90 bits per heavy atom. The Bertz CT molecular complexity index is 1100.